The van der Waals surface area contributed by atoms with Gasteiger partial charge in [-0.25, -0.2) is 10.2 Å². The van der Waals surface area contributed by atoms with E-state index in [-0.39, 0.29) is 0 Å². The summed E-state index contributed by atoms with van der Waals surface area (Å²) < 4.78 is 0. The first kappa shape index (κ1) is 9.41. The first-order chi connectivity index (χ1) is 5.07. The van der Waals surface area contributed by atoms with Crippen LogP contribution < -0.4 is 11.2 Å². The molecule has 0 heterocycles. The molecule has 0 spiro atoms. The van der Waals surface area contributed by atoms with Crippen LogP contribution >= 0.6 is 0 Å². The van der Waals surface area contributed by atoms with Crippen molar-refractivity contribution in [1.29, 1.82) is 0 Å². The molecule has 0 fully saturated rings. The largest absolute Gasteiger partial charge is 0.411 e. The summed E-state index contributed by atoms with van der Waals surface area (Å²) in [5, 5.41) is 14.6. The highest BCUT2D eigenvalue weighted by atomic mass is 16.4. The van der Waals surface area contributed by atoms with Gasteiger partial charge in [-0.05, 0) is 13.8 Å². The number of carbonyl (C=O) groups is 1. The zero-order chi connectivity index (χ0) is 8.85. The van der Waals surface area contributed by atoms with Crippen molar-refractivity contribution in [2.75, 3.05) is 0 Å². The number of nitrogens with two attached hydrogens (primary N) is 1. The maximum Gasteiger partial charge on any atom is 0.332 e. The van der Waals surface area contributed by atoms with Crippen molar-refractivity contribution in [3.05, 3.63) is 0 Å². The Morgan fingerprint density at radius 3 is 2.36 bits per heavy atom. The summed E-state index contributed by atoms with van der Waals surface area (Å²) in [5.41, 5.74) is 7.43. The monoisotopic (exact) mass is 158 g/mol. The summed E-state index contributed by atoms with van der Waals surface area (Å²) in [7, 11) is 0. The van der Waals surface area contributed by atoms with E-state index in [0.717, 1.165) is 0 Å². The van der Waals surface area contributed by atoms with E-state index in [9.17, 15) is 4.79 Å². The van der Waals surface area contributed by atoms with Gasteiger partial charge in [0.15, 0.2) is 0 Å². The van der Waals surface area contributed by atoms with Gasteiger partial charge in [0.1, 0.15) is 0 Å². The van der Waals surface area contributed by atoms with Gasteiger partial charge < -0.3 is 10.9 Å². The summed E-state index contributed by atoms with van der Waals surface area (Å²) in [6, 6.07) is -0.755. The lowest BCUT2D eigenvalue weighted by Crippen LogP contribution is -2.26. The van der Waals surface area contributed by atoms with Crippen LogP contribution in [0.2, 0.25) is 0 Å². The van der Waals surface area contributed by atoms with E-state index >= 15 is 0 Å². The van der Waals surface area contributed by atoms with E-state index in [0.29, 0.717) is 11.4 Å². The molecule has 0 aromatic carbocycles. The Balaban J connectivity index is 4.12. The normalized spacial score (nSPS) is 12.9. The molecule has 0 atom stereocenters. The molecule has 0 rings (SSSR count). The number of carbonyl (C=O) groups excluding carboxylic acids is 1. The summed E-state index contributed by atoms with van der Waals surface area (Å²) in [4.78, 5) is 10.1. The Labute approximate surface area is 63.8 Å². The molecule has 0 aliphatic heterocycles. The number of hydrazone groups is 1. The Morgan fingerprint density at radius 2 is 2.00 bits per heavy atom. The Kier molecular flexibility index (Phi) is 3.65. The minimum Gasteiger partial charge on any atom is -0.411 e. The molecule has 62 valence electrons. The molecular formula is C5H10N4O2. The van der Waals surface area contributed by atoms with Crippen molar-refractivity contribution in [2.45, 2.75) is 13.8 Å². The van der Waals surface area contributed by atoms with Crippen LogP contribution in [-0.4, -0.2) is 22.7 Å². The molecule has 6 nitrogen and oxygen atoms in total. The van der Waals surface area contributed by atoms with Crippen molar-refractivity contribution >= 4 is 17.5 Å². The van der Waals surface area contributed by atoms with E-state index in [4.69, 9.17) is 10.9 Å². The summed E-state index contributed by atoms with van der Waals surface area (Å²) in [6.07, 6.45) is 0. The Morgan fingerprint density at radius 1 is 1.45 bits per heavy atom. The van der Waals surface area contributed by atoms with Crippen molar-refractivity contribution in [1.82, 2.24) is 5.43 Å². The maximum atomic E-state index is 10.1. The van der Waals surface area contributed by atoms with Gasteiger partial charge >= 0.3 is 6.03 Å². The second kappa shape index (κ2) is 4.26. The van der Waals surface area contributed by atoms with Crippen LogP contribution in [0.1, 0.15) is 13.8 Å². The first-order valence-electron chi connectivity index (χ1n) is 2.86. The zero-order valence-corrected chi connectivity index (χ0v) is 6.33. The highest BCUT2D eigenvalue weighted by Gasteiger charge is 1.96. The SMILES string of the molecule is CC(=NO)C(C)=NNC(N)=O. The van der Waals surface area contributed by atoms with Crippen LogP contribution in [0.5, 0.6) is 0 Å². The molecule has 6 heteroatoms. The second-order valence-electron chi connectivity index (χ2n) is 1.86. The third kappa shape index (κ3) is 3.90. The third-order valence-corrected chi connectivity index (χ3v) is 1.01. The predicted octanol–water partition coefficient (Wildman–Crippen LogP) is -0.119. The lowest BCUT2D eigenvalue weighted by atomic mass is 10.3. The van der Waals surface area contributed by atoms with Gasteiger partial charge in [0, 0.05) is 0 Å². The molecule has 4 N–H and O–H groups in total. The van der Waals surface area contributed by atoms with Crippen LogP contribution in [0.15, 0.2) is 10.3 Å². The predicted molar refractivity (Wildman–Crippen MR) is 40.7 cm³/mol. The van der Waals surface area contributed by atoms with Gasteiger partial charge in [-0.3, -0.25) is 0 Å². The fourth-order valence-corrected chi connectivity index (χ4v) is 0.292. The van der Waals surface area contributed by atoms with Crippen molar-refractivity contribution in [2.24, 2.45) is 16.0 Å². The topological polar surface area (TPSA) is 100 Å². The lowest BCUT2D eigenvalue weighted by Gasteiger charge is -1.96. The molecule has 0 saturated carbocycles. The molecule has 0 unspecified atom stereocenters. The average molecular weight is 158 g/mol. The van der Waals surface area contributed by atoms with E-state index in [1.165, 1.54) is 0 Å². The minimum absolute atomic E-state index is 0.318. The zero-order valence-electron chi connectivity index (χ0n) is 6.33. The average Bonchev–Trinajstić information content (AvgIpc) is 1.98. The molecule has 0 saturated heterocycles. The molecule has 0 aliphatic carbocycles. The van der Waals surface area contributed by atoms with Crippen molar-refractivity contribution in [3.63, 3.8) is 0 Å². The van der Waals surface area contributed by atoms with Crippen LogP contribution in [0.4, 0.5) is 4.79 Å². The maximum absolute atomic E-state index is 10.1. The molecule has 2 amide bonds. The van der Waals surface area contributed by atoms with Gasteiger partial charge in [-0.2, -0.15) is 5.10 Å². The van der Waals surface area contributed by atoms with Gasteiger partial charge in [-0.15, -0.1) is 0 Å². The van der Waals surface area contributed by atoms with Gasteiger partial charge in [0.2, 0.25) is 0 Å². The van der Waals surface area contributed by atoms with E-state index in [1.54, 1.807) is 13.8 Å². The highest BCUT2D eigenvalue weighted by molar-refractivity contribution is 6.40. The number of primary amides is 1. The van der Waals surface area contributed by atoms with Crippen molar-refractivity contribution in [3.8, 4) is 0 Å². The molecule has 0 radical (unpaired) electrons. The van der Waals surface area contributed by atoms with E-state index in [1.807, 2.05) is 5.43 Å². The highest BCUT2D eigenvalue weighted by Crippen LogP contribution is 1.80. The number of hydrogen-bond donors (Lipinski definition) is 3. The second-order valence-corrected chi connectivity index (χ2v) is 1.86. The number of nitrogens with one attached hydrogen (secondary N) is 1. The number of hydrogen-bond acceptors (Lipinski definition) is 4. The fraction of sp³-hybridized carbons (Fsp3) is 0.400. The van der Waals surface area contributed by atoms with E-state index < -0.39 is 6.03 Å². The third-order valence-electron chi connectivity index (χ3n) is 1.01. The lowest BCUT2D eigenvalue weighted by molar-refractivity contribution is 0.249. The molecule has 0 aromatic heterocycles. The smallest absolute Gasteiger partial charge is 0.332 e. The van der Waals surface area contributed by atoms with Crippen molar-refractivity contribution < 1.29 is 10.0 Å². The fourth-order valence-electron chi connectivity index (χ4n) is 0.292. The van der Waals surface area contributed by atoms with Crippen LogP contribution in [0, 0.1) is 0 Å². The molecule has 0 bridgehead atoms. The summed E-state index contributed by atoms with van der Waals surface area (Å²) in [6.45, 7) is 3.12. The van der Waals surface area contributed by atoms with Crippen LogP contribution in [-0.2, 0) is 0 Å². The Bertz CT molecular complexity index is 209. The number of nitrogens with zero attached hydrogens (tertiary/aromatic N) is 2. The summed E-state index contributed by atoms with van der Waals surface area (Å²) in [5.74, 6) is 0. The van der Waals surface area contributed by atoms with Gasteiger partial charge in [0.25, 0.3) is 0 Å². The first-order valence-corrected chi connectivity index (χ1v) is 2.86. The minimum atomic E-state index is -0.755. The van der Waals surface area contributed by atoms with Crippen LogP contribution in [0.25, 0.3) is 0 Å². The molecule has 0 aliphatic rings. The number of amides is 2. The quantitative estimate of drug-likeness (QED) is 0.296. The number of oxime groups is 1. The Hall–Kier alpha value is -1.59. The van der Waals surface area contributed by atoms with Gasteiger partial charge in [0.05, 0.1) is 11.4 Å². The molecule has 0 aromatic rings. The number of rotatable bonds is 2. The van der Waals surface area contributed by atoms with E-state index in [2.05, 4.69) is 10.3 Å². The standard InChI is InChI=1S/C5H10N4O2/c1-3(4(2)9-11)7-8-5(6)10/h11H,1-2H3,(H3,6,8,10). The van der Waals surface area contributed by atoms with Gasteiger partial charge in [-0.1, -0.05) is 5.16 Å². The number of urea groups is 1. The summed E-state index contributed by atoms with van der Waals surface area (Å²) >= 11 is 0. The molecule has 11 heavy (non-hydrogen) atoms. The molecular weight excluding hydrogens is 148 g/mol. The van der Waals surface area contributed by atoms with Crippen LogP contribution in [0.3, 0.4) is 0 Å².